The molecule has 1 rings (SSSR count). The van der Waals surface area contributed by atoms with Crippen molar-refractivity contribution in [2.45, 2.75) is 6.61 Å². The van der Waals surface area contributed by atoms with E-state index in [1.165, 1.54) is 24.3 Å². The van der Waals surface area contributed by atoms with Crippen LogP contribution in [0.25, 0.3) is 0 Å². The Morgan fingerprint density at radius 3 is 2.50 bits per heavy atom. The van der Waals surface area contributed by atoms with E-state index in [-0.39, 0.29) is 12.4 Å². The van der Waals surface area contributed by atoms with Crippen LogP contribution in [0.15, 0.2) is 24.3 Å². The Bertz CT molecular complexity index is 268. The van der Waals surface area contributed by atoms with E-state index in [2.05, 4.69) is 4.74 Å². The van der Waals surface area contributed by atoms with Crippen molar-refractivity contribution in [1.29, 1.82) is 0 Å². The normalized spacial score (nSPS) is 9.42. The number of hydrogen-bond acceptors (Lipinski definition) is 2. The number of hydrogen-bond donors (Lipinski definition) is 1. The molecule has 1 aromatic rings. The van der Waals surface area contributed by atoms with Gasteiger partial charge < -0.3 is 9.84 Å². The fourth-order valence-corrected chi connectivity index (χ4v) is 0.726. The van der Waals surface area contributed by atoms with E-state index >= 15 is 0 Å². The van der Waals surface area contributed by atoms with Gasteiger partial charge in [-0.05, 0) is 17.7 Å². The molecule has 12 heavy (non-hydrogen) atoms. The quantitative estimate of drug-likeness (QED) is 0.690. The van der Waals surface area contributed by atoms with Gasteiger partial charge in [-0.3, -0.25) is 0 Å². The second-order valence-electron chi connectivity index (χ2n) is 2.18. The molecule has 0 aliphatic rings. The highest BCUT2D eigenvalue weighted by atomic mass is 19.1. The number of ether oxygens (including phenoxy) is 1. The molecular formula is C8H7FO3. The van der Waals surface area contributed by atoms with Gasteiger partial charge in [0.15, 0.2) is 0 Å². The first-order chi connectivity index (χ1) is 5.68. The summed E-state index contributed by atoms with van der Waals surface area (Å²) in [5.74, 6) is -0.353. The lowest BCUT2D eigenvalue weighted by molar-refractivity contribution is 0.0854. The molecule has 0 amide bonds. The Morgan fingerprint density at radius 1 is 1.42 bits per heavy atom. The summed E-state index contributed by atoms with van der Waals surface area (Å²) in [6.45, 7) is -0.0460. The highest BCUT2D eigenvalue weighted by Crippen LogP contribution is 2.03. The van der Waals surface area contributed by atoms with E-state index in [1.54, 1.807) is 0 Å². The topological polar surface area (TPSA) is 46.5 Å². The minimum absolute atomic E-state index is 0.0460. The summed E-state index contributed by atoms with van der Waals surface area (Å²) < 4.78 is 16.6. The largest absolute Gasteiger partial charge is 0.506 e. The maximum atomic E-state index is 12.3. The van der Waals surface area contributed by atoms with Crippen LogP contribution in [-0.4, -0.2) is 11.3 Å². The summed E-state index contributed by atoms with van der Waals surface area (Å²) in [6.07, 6.45) is -1.33. The van der Waals surface area contributed by atoms with Gasteiger partial charge >= 0.3 is 6.16 Å². The molecule has 0 fully saturated rings. The Kier molecular flexibility index (Phi) is 2.63. The van der Waals surface area contributed by atoms with Crippen LogP contribution >= 0.6 is 0 Å². The summed E-state index contributed by atoms with van der Waals surface area (Å²) in [5.41, 5.74) is 0.624. The molecule has 0 saturated carbocycles. The second kappa shape index (κ2) is 3.71. The van der Waals surface area contributed by atoms with Crippen molar-refractivity contribution in [1.82, 2.24) is 0 Å². The Labute approximate surface area is 68.4 Å². The molecular weight excluding hydrogens is 163 g/mol. The van der Waals surface area contributed by atoms with Crippen molar-refractivity contribution in [3.63, 3.8) is 0 Å². The van der Waals surface area contributed by atoms with E-state index in [9.17, 15) is 9.18 Å². The molecule has 0 heterocycles. The summed E-state index contributed by atoms with van der Waals surface area (Å²) >= 11 is 0. The van der Waals surface area contributed by atoms with Crippen molar-refractivity contribution in [3.8, 4) is 0 Å². The highest BCUT2D eigenvalue weighted by Gasteiger charge is 1.97. The van der Waals surface area contributed by atoms with Crippen molar-refractivity contribution in [2.75, 3.05) is 0 Å². The second-order valence-corrected chi connectivity index (χ2v) is 2.18. The zero-order valence-electron chi connectivity index (χ0n) is 6.16. The zero-order chi connectivity index (χ0) is 8.97. The molecule has 0 spiro atoms. The molecule has 1 aromatic carbocycles. The van der Waals surface area contributed by atoms with E-state index in [1.807, 2.05) is 0 Å². The minimum Gasteiger partial charge on any atom is -0.450 e. The molecule has 0 atom stereocenters. The van der Waals surface area contributed by atoms with Gasteiger partial charge in [-0.25, -0.2) is 9.18 Å². The number of benzene rings is 1. The SMILES string of the molecule is O=C(O)OCc1ccc(F)cc1. The van der Waals surface area contributed by atoms with Gasteiger partial charge in [-0.15, -0.1) is 0 Å². The number of carbonyl (C=O) groups is 1. The van der Waals surface area contributed by atoms with E-state index in [0.717, 1.165) is 0 Å². The summed E-state index contributed by atoms with van der Waals surface area (Å²) in [4.78, 5) is 9.94. The van der Waals surface area contributed by atoms with Crippen LogP contribution in [0.5, 0.6) is 0 Å². The summed E-state index contributed by atoms with van der Waals surface area (Å²) in [7, 11) is 0. The zero-order valence-corrected chi connectivity index (χ0v) is 6.16. The number of halogens is 1. The third kappa shape index (κ3) is 2.57. The molecule has 1 N–H and O–H groups in total. The van der Waals surface area contributed by atoms with Crippen LogP contribution in [0, 0.1) is 5.82 Å². The predicted octanol–water partition coefficient (Wildman–Crippen LogP) is 2.02. The van der Waals surface area contributed by atoms with Crippen LogP contribution in [-0.2, 0) is 11.3 Å². The average molecular weight is 170 g/mol. The fraction of sp³-hybridized carbons (Fsp3) is 0.125. The molecule has 64 valence electrons. The molecule has 0 unspecified atom stereocenters. The van der Waals surface area contributed by atoms with Gasteiger partial charge in [-0.1, -0.05) is 12.1 Å². The van der Waals surface area contributed by atoms with Gasteiger partial charge in [0.1, 0.15) is 12.4 Å². The molecule has 0 saturated heterocycles. The van der Waals surface area contributed by atoms with E-state index in [4.69, 9.17) is 5.11 Å². The third-order valence-electron chi connectivity index (χ3n) is 1.28. The lowest BCUT2D eigenvalue weighted by Crippen LogP contribution is -1.99. The van der Waals surface area contributed by atoms with Crippen molar-refractivity contribution in [2.24, 2.45) is 0 Å². The first-order valence-electron chi connectivity index (χ1n) is 3.28. The molecule has 0 aromatic heterocycles. The maximum Gasteiger partial charge on any atom is 0.506 e. The lowest BCUT2D eigenvalue weighted by atomic mass is 10.2. The Hall–Kier alpha value is -1.58. The minimum atomic E-state index is -1.33. The molecule has 0 radical (unpaired) electrons. The van der Waals surface area contributed by atoms with Crippen LogP contribution < -0.4 is 0 Å². The Balaban J connectivity index is 2.53. The first kappa shape index (κ1) is 8.52. The standard InChI is InChI=1S/C8H7FO3/c9-7-3-1-6(2-4-7)5-12-8(10)11/h1-4H,5H2,(H,10,11). The van der Waals surface area contributed by atoms with Gasteiger partial charge in [0.05, 0.1) is 0 Å². The first-order valence-corrected chi connectivity index (χ1v) is 3.28. The van der Waals surface area contributed by atoms with Crippen molar-refractivity contribution in [3.05, 3.63) is 35.6 Å². The van der Waals surface area contributed by atoms with Crippen LogP contribution in [0.3, 0.4) is 0 Å². The molecule has 0 aliphatic carbocycles. The fourth-order valence-electron chi connectivity index (χ4n) is 0.726. The van der Waals surface area contributed by atoms with Crippen molar-refractivity contribution < 1.29 is 19.0 Å². The van der Waals surface area contributed by atoms with Crippen LogP contribution in [0.4, 0.5) is 9.18 Å². The van der Waals surface area contributed by atoms with Gasteiger partial charge in [0, 0.05) is 0 Å². The summed E-state index contributed by atoms with van der Waals surface area (Å²) in [6, 6.07) is 5.44. The average Bonchev–Trinajstić information content (AvgIpc) is 2.03. The van der Waals surface area contributed by atoms with Crippen molar-refractivity contribution >= 4 is 6.16 Å². The molecule has 4 heteroatoms. The summed E-state index contributed by atoms with van der Waals surface area (Å²) in [5, 5.41) is 8.13. The van der Waals surface area contributed by atoms with Crippen LogP contribution in [0.2, 0.25) is 0 Å². The van der Waals surface area contributed by atoms with E-state index < -0.39 is 6.16 Å². The van der Waals surface area contributed by atoms with Gasteiger partial charge in [-0.2, -0.15) is 0 Å². The molecule has 3 nitrogen and oxygen atoms in total. The predicted molar refractivity (Wildman–Crippen MR) is 39.2 cm³/mol. The molecule has 0 bridgehead atoms. The third-order valence-corrected chi connectivity index (χ3v) is 1.28. The number of carboxylic acid groups (broad SMARTS) is 1. The van der Waals surface area contributed by atoms with Gasteiger partial charge in [0.2, 0.25) is 0 Å². The number of rotatable bonds is 2. The smallest absolute Gasteiger partial charge is 0.450 e. The maximum absolute atomic E-state index is 12.3. The lowest BCUT2D eigenvalue weighted by Gasteiger charge is -1.99. The Morgan fingerprint density at radius 2 is 2.00 bits per heavy atom. The molecule has 0 aliphatic heterocycles. The van der Waals surface area contributed by atoms with E-state index in [0.29, 0.717) is 5.56 Å². The highest BCUT2D eigenvalue weighted by molar-refractivity contribution is 5.56. The van der Waals surface area contributed by atoms with Gasteiger partial charge in [0.25, 0.3) is 0 Å². The van der Waals surface area contributed by atoms with Crippen LogP contribution in [0.1, 0.15) is 5.56 Å². The monoisotopic (exact) mass is 170 g/mol.